The van der Waals surface area contributed by atoms with Gasteiger partial charge in [0.05, 0.1) is 38.6 Å². The summed E-state index contributed by atoms with van der Waals surface area (Å²) in [6.45, 7) is 1.69. The number of amides is 1. The average molecular weight is 1010 g/mol. The summed E-state index contributed by atoms with van der Waals surface area (Å²) in [5.41, 5.74) is 0. The van der Waals surface area contributed by atoms with Crippen molar-refractivity contribution in [2.75, 3.05) is 26.4 Å². The summed E-state index contributed by atoms with van der Waals surface area (Å²) in [4.78, 5) is 13.2. The highest BCUT2D eigenvalue weighted by molar-refractivity contribution is 5.76. The highest BCUT2D eigenvalue weighted by atomic mass is 16.8. The van der Waals surface area contributed by atoms with Crippen LogP contribution in [0.25, 0.3) is 0 Å². The SMILES string of the molecule is CCC/C=C\CCCCCCCC(=O)NC(COC1OC(CO)C(OC2OC(CO)C(OC3OC(CO)C(O)C(O)C3O)C(O)C2O)C(O)C1O)C(O)CCCCCCCCCCCCCCCCC. The number of carbonyl (C=O) groups is 1. The van der Waals surface area contributed by atoms with E-state index in [0.29, 0.717) is 12.8 Å². The summed E-state index contributed by atoms with van der Waals surface area (Å²) in [6.07, 6.45) is 4.65. The van der Waals surface area contributed by atoms with Crippen LogP contribution in [-0.2, 0) is 33.2 Å². The Kier molecular flexibility index (Phi) is 32.7. The second-order valence-electron chi connectivity index (χ2n) is 19.7. The van der Waals surface area contributed by atoms with Crippen LogP contribution in [0.1, 0.15) is 174 Å². The summed E-state index contributed by atoms with van der Waals surface area (Å²) >= 11 is 0. The molecule has 12 N–H and O–H groups in total. The zero-order valence-electron chi connectivity index (χ0n) is 42.3. The van der Waals surface area contributed by atoms with E-state index >= 15 is 0 Å². The van der Waals surface area contributed by atoms with E-state index in [0.717, 1.165) is 70.6 Å². The van der Waals surface area contributed by atoms with Crippen LogP contribution in [0.2, 0.25) is 0 Å². The number of aliphatic hydroxyl groups is 11. The Morgan fingerprint density at radius 1 is 0.500 bits per heavy atom. The van der Waals surface area contributed by atoms with E-state index in [1.807, 2.05) is 0 Å². The van der Waals surface area contributed by atoms with Crippen molar-refractivity contribution in [2.24, 2.45) is 0 Å². The number of rotatable bonds is 38. The highest BCUT2D eigenvalue weighted by Crippen LogP contribution is 2.33. The molecule has 17 unspecified atom stereocenters. The van der Waals surface area contributed by atoms with Crippen LogP contribution in [0.4, 0.5) is 0 Å². The molecule has 3 heterocycles. The van der Waals surface area contributed by atoms with Crippen LogP contribution in [0.3, 0.4) is 0 Å². The molecule has 0 spiro atoms. The molecule has 19 heteroatoms. The molecule has 0 aromatic rings. The molecule has 0 aromatic heterocycles. The van der Waals surface area contributed by atoms with Crippen LogP contribution in [0.5, 0.6) is 0 Å². The summed E-state index contributed by atoms with van der Waals surface area (Å²) in [7, 11) is 0. The van der Waals surface area contributed by atoms with Gasteiger partial charge in [-0.15, -0.1) is 0 Å². The molecule has 0 aromatic carbocycles. The maximum absolute atomic E-state index is 13.2. The van der Waals surface area contributed by atoms with E-state index in [-0.39, 0.29) is 18.9 Å². The van der Waals surface area contributed by atoms with Gasteiger partial charge in [-0.3, -0.25) is 4.79 Å². The fourth-order valence-electron chi connectivity index (χ4n) is 9.31. The minimum Gasteiger partial charge on any atom is -0.394 e. The van der Waals surface area contributed by atoms with Crippen LogP contribution >= 0.6 is 0 Å². The van der Waals surface area contributed by atoms with Gasteiger partial charge in [0.25, 0.3) is 0 Å². The molecule has 3 aliphatic heterocycles. The molecule has 0 bridgehead atoms. The van der Waals surface area contributed by atoms with Crippen molar-refractivity contribution < 1.29 is 89.4 Å². The molecule has 0 radical (unpaired) electrons. The van der Waals surface area contributed by atoms with Crippen molar-refractivity contribution in [1.82, 2.24) is 5.32 Å². The zero-order valence-corrected chi connectivity index (χ0v) is 42.3. The Bertz CT molecular complexity index is 1350. The molecule has 17 atom stereocenters. The van der Waals surface area contributed by atoms with Crippen molar-refractivity contribution >= 4 is 5.91 Å². The van der Waals surface area contributed by atoms with Gasteiger partial charge in [0.15, 0.2) is 18.9 Å². The van der Waals surface area contributed by atoms with Gasteiger partial charge < -0.3 is 89.9 Å². The number of ether oxygens (including phenoxy) is 6. The van der Waals surface area contributed by atoms with Crippen LogP contribution in [0, 0.1) is 0 Å². The number of nitrogens with one attached hydrogen (secondary N) is 1. The van der Waals surface area contributed by atoms with Gasteiger partial charge in [0.2, 0.25) is 5.91 Å². The summed E-state index contributed by atoms with van der Waals surface area (Å²) in [5.74, 6) is -0.256. The van der Waals surface area contributed by atoms with Crippen LogP contribution in [-0.4, -0.2) is 193 Å². The number of hydrogen-bond acceptors (Lipinski definition) is 18. The lowest BCUT2D eigenvalue weighted by Crippen LogP contribution is -2.66. The molecule has 0 saturated carbocycles. The number of carbonyl (C=O) groups excluding carboxylic acids is 1. The Balaban J connectivity index is 1.54. The first-order valence-corrected chi connectivity index (χ1v) is 26.9. The fraction of sp³-hybridized carbons (Fsp3) is 0.941. The lowest BCUT2D eigenvalue weighted by Gasteiger charge is -2.48. The second-order valence-corrected chi connectivity index (χ2v) is 19.7. The Labute approximate surface area is 416 Å². The van der Waals surface area contributed by atoms with Crippen molar-refractivity contribution in [3.05, 3.63) is 12.2 Å². The Hall–Kier alpha value is -1.47. The first kappa shape index (κ1) is 62.8. The van der Waals surface area contributed by atoms with E-state index in [2.05, 4.69) is 31.3 Å². The largest absolute Gasteiger partial charge is 0.394 e. The van der Waals surface area contributed by atoms with Gasteiger partial charge >= 0.3 is 0 Å². The molecule has 70 heavy (non-hydrogen) atoms. The Morgan fingerprint density at radius 2 is 0.929 bits per heavy atom. The fourth-order valence-corrected chi connectivity index (χ4v) is 9.31. The van der Waals surface area contributed by atoms with Gasteiger partial charge in [0, 0.05) is 6.42 Å². The molecule has 19 nitrogen and oxygen atoms in total. The minimum absolute atomic E-state index is 0.256. The third kappa shape index (κ3) is 21.8. The van der Waals surface area contributed by atoms with Crippen molar-refractivity contribution in [3.8, 4) is 0 Å². The third-order valence-electron chi connectivity index (χ3n) is 13.8. The molecule has 3 aliphatic rings. The predicted octanol–water partition coefficient (Wildman–Crippen LogP) is 2.65. The minimum atomic E-state index is -1.97. The smallest absolute Gasteiger partial charge is 0.220 e. The molecule has 412 valence electrons. The number of allylic oxidation sites excluding steroid dienone is 2. The van der Waals surface area contributed by atoms with Gasteiger partial charge in [-0.05, 0) is 32.1 Å². The van der Waals surface area contributed by atoms with Crippen LogP contribution < -0.4 is 5.32 Å². The number of aliphatic hydroxyl groups excluding tert-OH is 11. The zero-order chi connectivity index (χ0) is 51.3. The maximum atomic E-state index is 13.2. The second kappa shape index (κ2) is 36.5. The quantitative estimate of drug-likeness (QED) is 0.0313. The van der Waals surface area contributed by atoms with Gasteiger partial charge in [-0.1, -0.05) is 148 Å². The van der Waals surface area contributed by atoms with E-state index in [4.69, 9.17) is 28.4 Å². The molecule has 3 saturated heterocycles. The first-order chi connectivity index (χ1) is 33.8. The van der Waals surface area contributed by atoms with Crippen molar-refractivity contribution in [1.29, 1.82) is 0 Å². The molecular weight excluding hydrogens is 915 g/mol. The van der Waals surface area contributed by atoms with E-state index < -0.39 is 124 Å². The first-order valence-electron chi connectivity index (χ1n) is 26.9. The van der Waals surface area contributed by atoms with E-state index in [9.17, 15) is 61.0 Å². The summed E-state index contributed by atoms with van der Waals surface area (Å²) in [5, 5.41) is 120. The molecule has 3 fully saturated rings. The van der Waals surface area contributed by atoms with Crippen molar-refractivity contribution in [2.45, 2.75) is 279 Å². The normalized spacial score (nSPS) is 32.6. The summed E-state index contributed by atoms with van der Waals surface area (Å²) in [6, 6.07) is -0.885. The summed E-state index contributed by atoms with van der Waals surface area (Å²) < 4.78 is 34.2. The van der Waals surface area contributed by atoms with Gasteiger partial charge in [-0.25, -0.2) is 0 Å². The highest BCUT2D eigenvalue weighted by Gasteiger charge is 2.53. The monoisotopic (exact) mass is 1010 g/mol. The van der Waals surface area contributed by atoms with Gasteiger partial charge in [-0.2, -0.15) is 0 Å². The molecule has 3 rings (SSSR count). The standard InChI is InChI=1S/C51H95NO18/c1-3-5-7-9-11-13-15-16-17-18-19-20-22-24-26-28-35(56)34(52-39(57)29-27-25-23-21-14-12-10-8-6-4-2)33-65-49-45(63)42(60)47(37(31-54)67-49)70-51-46(64)43(61)48(38(32-55)68-51)69-50-44(62)41(59)40(58)36(30-53)66-50/h8,10,34-38,40-51,53-56,58-64H,3-7,9,11-33H2,1-2H3,(H,52,57)/b10-8-. The molecule has 1 amide bonds. The third-order valence-corrected chi connectivity index (χ3v) is 13.8. The average Bonchev–Trinajstić information content (AvgIpc) is 3.35. The van der Waals surface area contributed by atoms with Crippen LogP contribution in [0.15, 0.2) is 12.2 Å². The van der Waals surface area contributed by atoms with Gasteiger partial charge in [0.1, 0.15) is 73.2 Å². The topological polar surface area (TPSA) is 307 Å². The van der Waals surface area contributed by atoms with Crippen molar-refractivity contribution in [3.63, 3.8) is 0 Å². The van der Waals surface area contributed by atoms with E-state index in [1.54, 1.807) is 0 Å². The maximum Gasteiger partial charge on any atom is 0.220 e. The van der Waals surface area contributed by atoms with E-state index in [1.165, 1.54) is 70.6 Å². The lowest BCUT2D eigenvalue weighted by molar-refractivity contribution is -0.379. The Morgan fingerprint density at radius 3 is 1.44 bits per heavy atom. The molecule has 0 aliphatic carbocycles. The lowest BCUT2D eigenvalue weighted by atomic mass is 9.96. The number of hydrogen-bond donors (Lipinski definition) is 12. The number of unbranched alkanes of at least 4 members (excludes halogenated alkanes) is 20. The molecular formula is C51H95NO18. The predicted molar refractivity (Wildman–Crippen MR) is 259 cm³/mol.